The van der Waals surface area contributed by atoms with Crippen molar-refractivity contribution in [2.24, 2.45) is 11.8 Å². The highest BCUT2D eigenvalue weighted by Gasteiger charge is 2.33. The Kier molecular flexibility index (Phi) is 4.26. The van der Waals surface area contributed by atoms with Crippen molar-refractivity contribution in [2.45, 2.75) is 33.3 Å². The van der Waals surface area contributed by atoms with Crippen molar-refractivity contribution >= 4 is 28.7 Å². The Hall–Kier alpha value is 0. The van der Waals surface area contributed by atoms with E-state index in [-0.39, 0.29) is 11.7 Å². The SMILES string of the molecule is CC1CN(C(=O)OC(C)(C)C)CC1CI. The standard InChI is InChI=1S/C11H20INO2/c1-8-6-13(7-9(8)5-12)10(14)15-11(2,3)4/h8-9H,5-7H2,1-4H3. The third kappa shape index (κ3) is 3.81. The number of likely N-dealkylation sites (tertiary alicyclic amines) is 1. The van der Waals surface area contributed by atoms with Gasteiger partial charge in [0.15, 0.2) is 0 Å². The second-order valence-electron chi connectivity index (χ2n) is 5.28. The number of hydrogen-bond donors (Lipinski definition) is 0. The molecule has 1 aliphatic heterocycles. The molecule has 0 aromatic heterocycles. The van der Waals surface area contributed by atoms with Crippen LogP contribution in [0, 0.1) is 11.8 Å². The van der Waals surface area contributed by atoms with Crippen LogP contribution in [0.5, 0.6) is 0 Å². The average Bonchev–Trinajstić information content (AvgIpc) is 2.43. The van der Waals surface area contributed by atoms with E-state index in [0.29, 0.717) is 11.8 Å². The summed E-state index contributed by atoms with van der Waals surface area (Å²) in [5.41, 5.74) is -0.386. The van der Waals surface area contributed by atoms with Crippen LogP contribution in [0.15, 0.2) is 0 Å². The number of amides is 1. The summed E-state index contributed by atoms with van der Waals surface area (Å²) in [4.78, 5) is 13.6. The predicted molar refractivity (Wildman–Crippen MR) is 69.3 cm³/mol. The number of rotatable bonds is 1. The molecule has 3 nitrogen and oxygen atoms in total. The molecule has 0 bridgehead atoms. The molecule has 0 radical (unpaired) electrons. The summed E-state index contributed by atoms with van der Waals surface area (Å²) in [5.74, 6) is 1.22. The number of hydrogen-bond acceptors (Lipinski definition) is 2. The van der Waals surface area contributed by atoms with E-state index in [1.54, 1.807) is 0 Å². The Morgan fingerprint density at radius 2 is 2.07 bits per heavy atom. The monoisotopic (exact) mass is 325 g/mol. The zero-order chi connectivity index (χ0) is 11.6. The summed E-state index contributed by atoms with van der Waals surface area (Å²) in [5, 5.41) is 0. The van der Waals surface area contributed by atoms with Gasteiger partial charge in [-0.2, -0.15) is 0 Å². The Morgan fingerprint density at radius 3 is 2.47 bits per heavy atom. The largest absolute Gasteiger partial charge is 0.444 e. The highest BCUT2D eigenvalue weighted by atomic mass is 127. The summed E-state index contributed by atoms with van der Waals surface area (Å²) < 4.78 is 6.46. The van der Waals surface area contributed by atoms with Crippen molar-refractivity contribution in [2.75, 3.05) is 17.5 Å². The van der Waals surface area contributed by atoms with Gasteiger partial charge in [0, 0.05) is 17.5 Å². The van der Waals surface area contributed by atoms with Crippen LogP contribution < -0.4 is 0 Å². The first-order valence-corrected chi connectivity index (χ1v) is 6.90. The van der Waals surface area contributed by atoms with Crippen molar-refractivity contribution in [3.8, 4) is 0 Å². The Morgan fingerprint density at radius 1 is 1.47 bits per heavy atom. The first-order chi connectivity index (χ1) is 6.83. The van der Waals surface area contributed by atoms with Gasteiger partial charge >= 0.3 is 6.09 Å². The van der Waals surface area contributed by atoms with E-state index >= 15 is 0 Å². The zero-order valence-corrected chi connectivity index (χ0v) is 12.1. The first kappa shape index (κ1) is 13.1. The fourth-order valence-electron chi connectivity index (χ4n) is 1.71. The highest BCUT2D eigenvalue weighted by Crippen LogP contribution is 2.26. The maximum atomic E-state index is 11.8. The Balaban J connectivity index is 2.50. The first-order valence-electron chi connectivity index (χ1n) is 5.37. The molecule has 0 saturated carbocycles. The molecule has 4 heteroatoms. The molecule has 1 heterocycles. The minimum atomic E-state index is -0.386. The molecule has 2 unspecified atom stereocenters. The lowest BCUT2D eigenvalue weighted by Gasteiger charge is -2.24. The van der Waals surface area contributed by atoms with Gasteiger partial charge in [0.2, 0.25) is 0 Å². The molecule has 0 N–H and O–H groups in total. The van der Waals surface area contributed by atoms with E-state index in [4.69, 9.17) is 4.74 Å². The molecule has 1 amide bonds. The van der Waals surface area contributed by atoms with Gasteiger partial charge in [-0.3, -0.25) is 0 Å². The summed E-state index contributed by atoms with van der Waals surface area (Å²) in [6, 6.07) is 0. The van der Waals surface area contributed by atoms with Gasteiger partial charge in [-0.25, -0.2) is 4.79 Å². The average molecular weight is 325 g/mol. The number of alkyl halides is 1. The summed E-state index contributed by atoms with van der Waals surface area (Å²) in [6.45, 7) is 9.59. The van der Waals surface area contributed by atoms with Crippen LogP contribution in [0.3, 0.4) is 0 Å². The third-order valence-corrected chi connectivity index (χ3v) is 3.75. The van der Waals surface area contributed by atoms with E-state index in [9.17, 15) is 4.79 Å². The van der Waals surface area contributed by atoms with E-state index in [0.717, 1.165) is 17.5 Å². The lowest BCUT2D eigenvalue weighted by Crippen LogP contribution is -2.35. The number of carbonyl (C=O) groups is 1. The van der Waals surface area contributed by atoms with Crippen LogP contribution in [0.25, 0.3) is 0 Å². The molecule has 88 valence electrons. The lowest BCUT2D eigenvalue weighted by molar-refractivity contribution is 0.0286. The van der Waals surface area contributed by atoms with E-state index < -0.39 is 0 Å². The predicted octanol–water partition coefficient (Wildman–Crippen LogP) is 2.92. The molecule has 0 aromatic carbocycles. The van der Waals surface area contributed by atoms with Gasteiger partial charge in [-0.05, 0) is 32.6 Å². The molecule has 1 aliphatic rings. The summed E-state index contributed by atoms with van der Waals surface area (Å²) in [6.07, 6.45) is -0.165. The molecule has 1 saturated heterocycles. The molecule has 1 rings (SSSR count). The summed E-state index contributed by atoms with van der Waals surface area (Å²) >= 11 is 2.39. The van der Waals surface area contributed by atoms with E-state index in [1.165, 1.54) is 0 Å². The quantitative estimate of drug-likeness (QED) is 0.548. The van der Waals surface area contributed by atoms with Crippen LogP contribution in [-0.4, -0.2) is 34.1 Å². The molecule has 0 aromatic rings. The molecule has 15 heavy (non-hydrogen) atoms. The van der Waals surface area contributed by atoms with Crippen molar-refractivity contribution in [3.05, 3.63) is 0 Å². The zero-order valence-electron chi connectivity index (χ0n) is 9.92. The topological polar surface area (TPSA) is 29.5 Å². The number of ether oxygens (including phenoxy) is 1. The second-order valence-corrected chi connectivity index (χ2v) is 6.16. The van der Waals surface area contributed by atoms with Crippen molar-refractivity contribution in [1.29, 1.82) is 0 Å². The molecule has 2 atom stereocenters. The maximum Gasteiger partial charge on any atom is 0.410 e. The number of halogens is 1. The third-order valence-electron chi connectivity index (χ3n) is 2.62. The molecule has 0 spiro atoms. The van der Waals surface area contributed by atoms with Crippen molar-refractivity contribution in [1.82, 2.24) is 4.90 Å². The Bertz CT molecular complexity index is 237. The minimum absolute atomic E-state index is 0.165. The number of nitrogens with zero attached hydrogens (tertiary/aromatic N) is 1. The summed E-state index contributed by atoms with van der Waals surface area (Å²) in [7, 11) is 0. The van der Waals surface area contributed by atoms with Gasteiger partial charge in [-0.15, -0.1) is 0 Å². The highest BCUT2D eigenvalue weighted by molar-refractivity contribution is 14.1. The molecular weight excluding hydrogens is 305 g/mol. The number of carbonyl (C=O) groups excluding carboxylic acids is 1. The van der Waals surface area contributed by atoms with Crippen molar-refractivity contribution < 1.29 is 9.53 Å². The minimum Gasteiger partial charge on any atom is -0.444 e. The van der Waals surface area contributed by atoms with Crippen LogP contribution in [0.4, 0.5) is 4.79 Å². The van der Waals surface area contributed by atoms with Gasteiger partial charge in [0.25, 0.3) is 0 Å². The fourth-order valence-corrected chi connectivity index (χ4v) is 2.86. The second kappa shape index (κ2) is 4.89. The van der Waals surface area contributed by atoms with Crippen LogP contribution >= 0.6 is 22.6 Å². The van der Waals surface area contributed by atoms with Crippen LogP contribution in [0.2, 0.25) is 0 Å². The fraction of sp³-hybridized carbons (Fsp3) is 0.909. The van der Waals surface area contributed by atoms with E-state index in [1.807, 2.05) is 25.7 Å². The normalized spacial score (nSPS) is 26.9. The van der Waals surface area contributed by atoms with Gasteiger partial charge in [0.05, 0.1) is 0 Å². The molecule has 1 fully saturated rings. The van der Waals surface area contributed by atoms with Gasteiger partial charge < -0.3 is 9.64 Å². The van der Waals surface area contributed by atoms with Gasteiger partial charge in [0.1, 0.15) is 5.60 Å². The lowest BCUT2D eigenvalue weighted by atomic mass is 10.0. The van der Waals surface area contributed by atoms with E-state index in [2.05, 4.69) is 29.5 Å². The van der Waals surface area contributed by atoms with Gasteiger partial charge in [-0.1, -0.05) is 29.5 Å². The smallest absolute Gasteiger partial charge is 0.410 e. The Labute approximate surface area is 106 Å². The van der Waals surface area contributed by atoms with Crippen LogP contribution in [-0.2, 0) is 4.74 Å². The van der Waals surface area contributed by atoms with Crippen molar-refractivity contribution in [3.63, 3.8) is 0 Å². The molecule has 0 aliphatic carbocycles. The van der Waals surface area contributed by atoms with Crippen LogP contribution in [0.1, 0.15) is 27.7 Å². The molecular formula is C11H20INO2. The maximum absolute atomic E-state index is 11.8.